The van der Waals surface area contributed by atoms with Crippen LogP contribution in [0.25, 0.3) is 0 Å². The number of likely N-dealkylation sites (N-methyl/N-ethyl adjacent to an activating group) is 1. The third kappa shape index (κ3) is 3.85. The average Bonchev–Trinajstić information content (AvgIpc) is 2.40. The van der Waals surface area contributed by atoms with Crippen molar-refractivity contribution in [1.82, 2.24) is 9.80 Å². The van der Waals surface area contributed by atoms with Crippen LogP contribution in [-0.4, -0.2) is 54.1 Å². The summed E-state index contributed by atoms with van der Waals surface area (Å²) in [5.41, 5.74) is 0.797. The second-order valence-electron chi connectivity index (χ2n) is 5.12. The van der Waals surface area contributed by atoms with Crippen LogP contribution in [0.15, 0.2) is 18.2 Å². The monoisotopic (exact) mass is 316 g/mol. The fourth-order valence-electron chi connectivity index (χ4n) is 2.50. The maximum Gasteiger partial charge on any atom is 0.305 e. The minimum Gasteiger partial charge on any atom is -0.481 e. The van der Waals surface area contributed by atoms with Gasteiger partial charge in [0.15, 0.2) is 0 Å². The smallest absolute Gasteiger partial charge is 0.305 e. The Labute approximate surface area is 128 Å². The molecule has 1 saturated heterocycles. The summed E-state index contributed by atoms with van der Waals surface area (Å²) >= 11 is 12.3. The number of nitrogens with zero attached hydrogens (tertiary/aromatic N) is 2. The predicted molar refractivity (Wildman–Crippen MR) is 80.5 cm³/mol. The van der Waals surface area contributed by atoms with Gasteiger partial charge in [-0.15, -0.1) is 0 Å². The molecule has 0 spiro atoms. The molecule has 2 rings (SSSR count). The van der Waals surface area contributed by atoms with E-state index in [9.17, 15) is 9.90 Å². The van der Waals surface area contributed by atoms with Crippen molar-refractivity contribution in [1.29, 1.82) is 0 Å². The van der Waals surface area contributed by atoms with Crippen molar-refractivity contribution in [3.8, 4) is 0 Å². The summed E-state index contributed by atoms with van der Waals surface area (Å²) in [5.74, 6) is -0.829. The summed E-state index contributed by atoms with van der Waals surface area (Å²) in [6.07, 6.45) is 0.0315. The Hall–Kier alpha value is -0.810. The highest BCUT2D eigenvalue weighted by Crippen LogP contribution is 2.33. The van der Waals surface area contributed by atoms with Gasteiger partial charge in [-0.05, 0) is 30.8 Å². The van der Waals surface area contributed by atoms with E-state index in [1.54, 1.807) is 18.2 Å². The highest BCUT2D eigenvalue weighted by Gasteiger charge is 2.27. The largest absolute Gasteiger partial charge is 0.481 e. The van der Waals surface area contributed by atoms with Gasteiger partial charge in [0.25, 0.3) is 0 Å². The minimum atomic E-state index is -0.829. The van der Waals surface area contributed by atoms with E-state index in [-0.39, 0.29) is 12.5 Å². The molecule has 0 radical (unpaired) electrons. The fraction of sp³-hybridized carbons (Fsp3) is 0.500. The quantitative estimate of drug-likeness (QED) is 0.927. The third-order valence-corrected chi connectivity index (χ3v) is 4.24. The number of carboxylic acid groups (broad SMARTS) is 1. The van der Waals surface area contributed by atoms with E-state index in [0.717, 1.165) is 31.7 Å². The van der Waals surface area contributed by atoms with Crippen LogP contribution in [0.1, 0.15) is 18.0 Å². The Morgan fingerprint density at radius 1 is 1.30 bits per heavy atom. The first-order valence-corrected chi connectivity index (χ1v) is 7.32. The van der Waals surface area contributed by atoms with Crippen LogP contribution in [0, 0.1) is 0 Å². The Bertz CT molecular complexity index is 488. The van der Waals surface area contributed by atoms with Gasteiger partial charge in [0.05, 0.1) is 6.42 Å². The van der Waals surface area contributed by atoms with Gasteiger partial charge in [0.2, 0.25) is 0 Å². The first-order chi connectivity index (χ1) is 9.47. The summed E-state index contributed by atoms with van der Waals surface area (Å²) in [5, 5.41) is 10.3. The summed E-state index contributed by atoms with van der Waals surface area (Å²) in [6, 6.07) is 4.99. The zero-order valence-corrected chi connectivity index (χ0v) is 12.9. The van der Waals surface area contributed by atoms with Gasteiger partial charge >= 0.3 is 5.97 Å². The minimum absolute atomic E-state index is 0.0315. The number of carbonyl (C=O) groups is 1. The number of piperazine rings is 1. The zero-order chi connectivity index (χ0) is 14.7. The van der Waals surface area contributed by atoms with E-state index >= 15 is 0 Å². The highest BCUT2D eigenvalue weighted by atomic mass is 35.5. The molecule has 1 aromatic carbocycles. The average molecular weight is 317 g/mol. The Morgan fingerprint density at radius 2 is 1.95 bits per heavy atom. The molecule has 1 unspecified atom stereocenters. The standard InChI is InChI=1S/C14H18Cl2N2O2/c1-17-4-6-18(7-5-17)13(9-14(19)20)11-8-10(15)2-3-12(11)16/h2-3,8,13H,4-7,9H2,1H3,(H,19,20). The van der Waals surface area contributed by atoms with E-state index in [1.165, 1.54) is 0 Å². The van der Waals surface area contributed by atoms with Crippen molar-refractivity contribution in [2.75, 3.05) is 33.2 Å². The van der Waals surface area contributed by atoms with Crippen molar-refractivity contribution in [2.24, 2.45) is 0 Å². The Kier molecular flexibility index (Phi) is 5.27. The summed E-state index contributed by atoms with van der Waals surface area (Å²) in [7, 11) is 2.07. The van der Waals surface area contributed by atoms with Crippen molar-refractivity contribution < 1.29 is 9.90 Å². The van der Waals surface area contributed by atoms with Crippen molar-refractivity contribution in [3.05, 3.63) is 33.8 Å². The summed E-state index contributed by atoms with van der Waals surface area (Å²) < 4.78 is 0. The lowest BCUT2D eigenvalue weighted by Gasteiger charge is -2.38. The number of hydrogen-bond acceptors (Lipinski definition) is 3. The molecule has 1 atom stereocenters. The van der Waals surface area contributed by atoms with E-state index in [0.29, 0.717) is 10.0 Å². The number of carboxylic acids is 1. The van der Waals surface area contributed by atoms with Crippen LogP contribution < -0.4 is 0 Å². The molecule has 0 aliphatic carbocycles. The molecule has 4 nitrogen and oxygen atoms in total. The fourth-order valence-corrected chi connectivity index (χ4v) is 2.93. The first kappa shape index (κ1) is 15.6. The molecule has 1 aliphatic rings. The SMILES string of the molecule is CN1CCN(C(CC(=O)O)c2cc(Cl)ccc2Cl)CC1. The molecule has 0 bridgehead atoms. The first-order valence-electron chi connectivity index (χ1n) is 6.56. The molecule has 110 valence electrons. The van der Waals surface area contributed by atoms with Crippen LogP contribution in [0.3, 0.4) is 0 Å². The molecular weight excluding hydrogens is 299 g/mol. The second kappa shape index (κ2) is 6.76. The van der Waals surface area contributed by atoms with Crippen LogP contribution in [0.2, 0.25) is 10.0 Å². The molecule has 1 aliphatic heterocycles. The van der Waals surface area contributed by atoms with Gasteiger partial charge in [-0.3, -0.25) is 9.69 Å². The molecule has 1 aromatic rings. The number of benzene rings is 1. The molecule has 1 heterocycles. The van der Waals surface area contributed by atoms with Gasteiger partial charge < -0.3 is 10.0 Å². The second-order valence-corrected chi connectivity index (χ2v) is 5.96. The lowest BCUT2D eigenvalue weighted by atomic mass is 10.0. The third-order valence-electron chi connectivity index (χ3n) is 3.66. The van der Waals surface area contributed by atoms with Crippen LogP contribution in [0.5, 0.6) is 0 Å². The van der Waals surface area contributed by atoms with E-state index < -0.39 is 5.97 Å². The Balaban J connectivity index is 2.27. The van der Waals surface area contributed by atoms with Gasteiger partial charge in [0, 0.05) is 42.3 Å². The molecule has 0 amide bonds. The molecule has 6 heteroatoms. The molecule has 1 fully saturated rings. The number of halogens is 2. The lowest BCUT2D eigenvalue weighted by molar-refractivity contribution is -0.138. The topological polar surface area (TPSA) is 43.8 Å². The molecule has 0 aromatic heterocycles. The van der Waals surface area contributed by atoms with Crippen molar-refractivity contribution in [2.45, 2.75) is 12.5 Å². The van der Waals surface area contributed by atoms with Crippen molar-refractivity contribution in [3.63, 3.8) is 0 Å². The van der Waals surface area contributed by atoms with E-state index in [1.807, 2.05) is 0 Å². The lowest BCUT2D eigenvalue weighted by Crippen LogP contribution is -2.46. The van der Waals surface area contributed by atoms with Crippen molar-refractivity contribution >= 4 is 29.2 Å². The van der Waals surface area contributed by atoms with Gasteiger partial charge in [0.1, 0.15) is 0 Å². The Morgan fingerprint density at radius 3 is 2.55 bits per heavy atom. The molecule has 0 saturated carbocycles. The number of aliphatic carboxylic acids is 1. The molecule has 20 heavy (non-hydrogen) atoms. The predicted octanol–water partition coefficient (Wildman–Crippen LogP) is 2.76. The van der Waals surface area contributed by atoms with E-state index in [2.05, 4.69) is 16.8 Å². The van der Waals surface area contributed by atoms with Crippen LogP contribution >= 0.6 is 23.2 Å². The molecular formula is C14H18Cl2N2O2. The van der Waals surface area contributed by atoms with E-state index in [4.69, 9.17) is 23.2 Å². The van der Waals surface area contributed by atoms with Gasteiger partial charge in [-0.2, -0.15) is 0 Å². The van der Waals surface area contributed by atoms with Crippen LogP contribution in [-0.2, 0) is 4.79 Å². The van der Waals surface area contributed by atoms with Gasteiger partial charge in [-0.1, -0.05) is 23.2 Å². The number of hydrogen-bond donors (Lipinski definition) is 1. The zero-order valence-electron chi connectivity index (χ0n) is 11.4. The normalized spacial score (nSPS) is 18.9. The molecule has 1 N–H and O–H groups in total. The van der Waals surface area contributed by atoms with Crippen LogP contribution in [0.4, 0.5) is 0 Å². The number of rotatable bonds is 4. The maximum absolute atomic E-state index is 11.2. The highest BCUT2D eigenvalue weighted by molar-refractivity contribution is 6.33. The summed E-state index contributed by atoms with van der Waals surface area (Å²) in [4.78, 5) is 15.6. The maximum atomic E-state index is 11.2. The van der Waals surface area contributed by atoms with Gasteiger partial charge in [-0.25, -0.2) is 0 Å². The summed E-state index contributed by atoms with van der Waals surface area (Å²) in [6.45, 7) is 3.51.